The Labute approximate surface area is 94.2 Å². The molecule has 1 atom stereocenters. The number of rotatable bonds is 7. The minimum atomic E-state index is -1.80. The smallest absolute Gasteiger partial charge is 0.337 e. The van der Waals surface area contributed by atoms with E-state index in [9.17, 15) is 14.4 Å². The third-order valence-corrected chi connectivity index (χ3v) is 2.36. The lowest BCUT2D eigenvalue weighted by molar-refractivity contribution is -0.152. The molecule has 0 bridgehead atoms. The van der Waals surface area contributed by atoms with Crippen LogP contribution in [-0.4, -0.2) is 34.8 Å². The molecule has 0 heterocycles. The highest BCUT2D eigenvalue weighted by Gasteiger charge is 2.43. The molecule has 0 aliphatic rings. The summed E-state index contributed by atoms with van der Waals surface area (Å²) in [6.45, 7) is 2.77. The Bertz CT molecular complexity index is 275. The van der Waals surface area contributed by atoms with E-state index in [1.807, 2.05) is 0 Å². The summed E-state index contributed by atoms with van der Waals surface area (Å²) in [4.78, 5) is 33.5. The number of amides is 1. The number of nitrogens with two attached hydrogens (primary N) is 1. The van der Waals surface area contributed by atoms with Crippen molar-refractivity contribution in [2.24, 2.45) is 5.73 Å². The standard InChI is InChI=1S/C10H18N2O4/c1-7(13)10(9(15)16,12-8(2)14)5-3-4-6-11/h3-6,11H2,1-2H3,(H,12,14)(H,15,16)/t10-/m1/s1. The molecular weight excluding hydrogens is 212 g/mol. The van der Waals surface area contributed by atoms with Crippen LogP contribution in [0.3, 0.4) is 0 Å². The van der Waals surface area contributed by atoms with Crippen molar-refractivity contribution in [3.05, 3.63) is 0 Å². The molecule has 0 aliphatic heterocycles. The van der Waals surface area contributed by atoms with Crippen LogP contribution in [0.4, 0.5) is 0 Å². The second-order valence-electron chi connectivity index (χ2n) is 3.69. The van der Waals surface area contributed by atoms with E-state index in [4.69, 9.17) is 10.8 Å². The van der Waals surface area contributed by atoms with E-state index in [2.05, 4.69) is 5.32 Å². The Morgan fingerprint density at radius 3 is 2.12 bits per heavy atom. The molecule has 0 saturated carbocycles. The van der Waals surface area contributed by atoms with E-state index >= 15 is 0 Å². The lowest BCUT2D eigenvalue weighted by Gasteiger charge is -2.27. The van der Waals surface area contributed by atoms with Crippen LogP contribution >= 0.6 is 0 Å². The van der Waals surface area contributed by atoms with Crippen LogP contribution in [0.5, 0.6) is 0 Å². The Morgan fingerprint density at radius 1 is 1.25 bits per heavy atom. The number of carboxylic acid groups (broad SMARTS) is 1. The highest BCUT2D eigenvalue weighted by atomic mass is 16.4. The average molecular weight is 230 g/mol. The van der Waals surface area contributed by atoms with Gasteiger partial charge in [-0.25, -0.2) is 4.79 Å². The number of carboxylic acids is 1. The highest BCUT2D eigenvalue weighted by Crippen LogP contribution is 2.16. The summed E-state index contributed by atoms with van der Waals surface area (Å²) in [7, 11) is 0. The van der Waals surface area contributed by atoms with Gasteiger partial charge >= 0.3 is 5.97 Å². The van der Waals surface area contributed by atoms with E-state index in [0.717, 1.165) is 6.92 Å². The van der Waals surface area contributed by atoms with Gasteiger partial charge in [-0.05, 0) is 32.7 Å². The fourth-order valence-corrected chi connectivity index (χ4v) is 1.47. The third-order valence-electron chi connectivity index (χ3n) is 2.36. The van der Waals surface area contributed by atoms with Crippen LogP contribution < -0.4 is 11.1 Å². The second kappa shape index (κ2) is 6.22. The van der Waals surface area contributed by atoms with Gasteiger partial charge in [0.15, 0.2) is 11.3 Å². The number of hydrogen-bond donors (Lipinski definition) is 3. The van der Waals surface area contributed by atoms with Crippen molar-refractivity contribution in [2.75, 3.05) is 6.54 Å². The predicted octanol–water partition coefficient (Wildman–Crippen LogP) is -0.336. The van der Waals surface area contributed by atoms with Crippen LogP contribution in [0.2, 0.25) is 0 Å². The number of carbonyl (C=O) groups excluding carboxylic acids is 2. The van der Waals surface area contributed by atoms with Gasteiger partial charge in [-0.15, -0.1) is 0 Å². The number of aliphatic carboxylic acids is 1. The molecule has 1 amide bonds. The van der Waals surface area contributed by atoms with Crippen molar-refractivity contribution in [1.82, 2.24) is 5.32 Å². The van der Waals surface area contributed by atoms with Gasteiger partial charge in [-0.2, -0.15) is 0 Å². The minimum absolute atomic E-state index is 0.0639. The molecule has 0 aromatic heterocycles. The molecule has 0 unspecified atom stereocenters. The molecule has 0 spiro atoms. The number of carbonyl (C=O) groups is 3. The topological polar surface area (TPSA) is 109 Å². The van der Waals surface area contributed by atoms with E-state index in [1.165, 1.54) is 6.92 Å². The van der Waals surface area contributed by atoms with Crippen molar-refractivity contribution in [3.63, 3.8) is 0 Å². The number of hydrogen-bond acceptors (Lipinski definition) is 4. The molecule has 4 N–H and O–H groups in total. The maximum Gasteiger partial charge on any atom is 0.337 e. The minimum Gasteiger partial charge on any atom is -0.479 e. The number of Topliss-reactive ketones (excluding diaryl/α,β-unsaturated/α-hetero) is 1. The summed E-state index contributed by atoms with van der Waals surface area (Å²) in [6.07, 6.45) is 1.15. The van der Waals surface area contributed by atoms with Gasteiger partial charge in [0.2, 0.25) is 5.91 Å². The highest BCUT2D eigenvalue weighted by molar-refractivity contribution is 6.09. The fraction of sp³-hybridized carbons (Fsp3) is 0.700. The number of ketones is 1. The Balaban J connectivity index is 4.87. The van der Waals surface area contributed by atoms with Gasteiger partial charge < -0.3 is 16.2 Å². The van der Waals surface area contributed by atoms with Crippen molar-refractivity contribution < 1.29 is 19.5 Å². The normalized spacial score (nSPS) is 13.9. The zero-order valence-electron chi connectivity index (χ0n) is 9.58. The van der Waals surface area contributed by atoms with E-state index < -0.39 is 23.2 Å². The van der Waals surface area contributed by atoms with Gasteiger partial charge in [0.1, 0.15) is 0 Å². The van der Waals surface area contributed by atoms with Crippen LogP contribution in [0, 0.1) is 0 Å². The van der Waals surface area contributed by atoms with Crippen molar-refractivity contribution in [1.29, 1.82) is 0 Å². The molecular formula is C10H18N2O4. The molecule has 0 saturated heterocycles. The third kappa shape index (κ3) is 3.62. The molecule has 92 valence electrons. The summed E-state index contributed by atoms with van der Waals surface area (Å²) in [6, 6.07) is 0. The fourth-order valence-electron chi connectivity index (χ4n) is 1.47. The van der Waals surface area contributed by atoms with Crippen molar-refractivity contribution >= 4 is 17.7 Å². The first-order valence-corrected chi connectivity index (χ1v) is 5.10. The maximum absolute atomic E-state index is 11.4. The number of unbranched alkanes of at least 4 members (excludes halogenated alkanes) is 1. The summed E-state index contributed by atoms with van der Waals surface area (Å²) in [5.41, 5.74) is 3.49. The molecule has 6 heteroatoms. The van der Waals surface area contributed by atoms with Crippen LogP contribution in [0.1, 0.15) is 33.1 Å². The van der Waals surface area contributed by atoms with Crippen molar-refractivity contribution in [2.45, 2.75) is 38.6 Å². The zero-order valence-corrected chi connectivity index (χ0v) is 9.58. The molecule has 0 aromatic rings. The molecule has 0 radical (unpaired) electrons. The molecule has 0 aliphatic carbocycles. The van der Waals surface area contributed by atoms with E-state index in [1.54, 1.807) is 0 Å². The first-order chi connectivity index (χ1) is 7.36. The predicted molar refractivity (Wildman–Crippen MR) is 57.8 cm³/mol. The SMILES string of the molecule is CC(=O)N[C@](CCCCN)(C(C)=O)C(=O)O. The quantitative estimate of drug-likeness (QED) is 0.409. The maximum atomic E-state index is 11.4. The molecule has 16 heavy (non-hydrogen) atoms. The molecule has 0 rings (SSSR count). The largest absolute Gasteiger partial charge is 0.479 e. The summed E-state index contributed by atoms with van der Waals surface area (Å²) in [5, 5.41) is 11.3. The average Bonchev–Trinajstić information content (AvgIpc) is 2.15. The second-order valence-corrected chi connectivity index (χ2v) is 3.69. The van der Waals surface area contributed by atoms with Gasteiger partial charge in [0, 0.05) is 6.92 Å². The summed E-state index contributed by atoms with van der Waals surface area (Å²) < 4.78 is 0. The van der Waals surface area contributed by atoms with E-state index in [0.29, 0.717) is 19.4 Å². The van der Waals surface area contributed by atoms with Crippen LogP contribution in [0.15, 0.2) is 0 Å². The van der Waals surface area contributed by atoms with Crippen LogP contribution in [0.25, 0.3) is 0 Å². The Hall–Kier alpha value is -1.43. The molecule has 0 fully saturated rings. The monoisotopic (exact) mass is 230 g/mol. The van der Waals surface area contributed by atoms with Crippen molar-refractivity contribution in [3.8, 4) is 0 Å². The van der Waals surface area contributed by atoms with Gasteiger partial charge in [0.25, 0.3) is 0 Å². The molecule has 0 aromatic carbocycles. The molecule has 6 nitrogen and oxygen atoms in total. The Morgan fingerprint density at radius 2 is 1.81 bits per heavy atom. The van der Waals surface area contributed by atoms with Gasteiger partial charge in [-0.1, -0.05) is 0 Å². The summed E-state index contributed by atoms with van der Waals surface area (Å²) >= 11 is 0. The summed E-state index contributed by atoms with van der Waals surface area (Å²) in [5.74, 6) is -2.44. The Kier molecular flexibility index (Phi) is 5.66. The zero-order chi connectivity index (χ0) is 12.8. The van der Waals surface area contributed by atoms with Gasteiger partial charge in [0.05, 0.1) is 0 Å². The first kappa shape index (κ1) is 14.6. The lowest BCUT2D eigenvalue weighted by atomic mass is 9.88. The van der Waals surface area contributed by atoms with Crippen LogP contribution in [-0.2, 0) is 14.4 Å². The lowest BCUT2D eigenvalue weighted by Crippen LogP contribution is -2.58. The first-order valence-electron chi connectivity index (χ1n) is 5.10. The van der Waals surface area contributed by atoms with Gasteiger partial charge in [-0.3, -0.25) is 9.59 Å². The van der Waals surface area contributed by atoms with E-state index in [-0.39, 0.29) is 6.42 Å². The number of nitrogens with one attached hydrogen (secondary N) is 1.